The third-order valence-electron chi connectivity index (χ3n) is 5.14. The summed E-state index contributed by atoms with van der Waals surface area (Å²) in [5.41, 5.74) is 4.62. The molecular weight excluding hydrogens is 346 g/mol. The first-order valence-corrected chi connectivity index (χ1v) is 9.24. The average molecular weight is 365 g/mol. The number of para-hydroxylation sites is 1. The Morgan fingerprint density at radius 3 is 2.11 bits per heavy atom. The summed E-state index contributed by atoms with van der Waals surface area (Å²) >= 11 is 0. The van der Waals surface area contributed by atoms with Crippen LogP contribution in [0.1, 0.15) is 10.5 Å². The molecule has 0 radical (unpaired) electrons. The first-order chi connectivity index (χ1) is 13.7. The molecule has 0 spiro atoms. The normalized spacial score (nSPS) is 11.2. The molecule has 2 heterocycles. The van der Waals surface area contributed by atoms with E-state index in [9.17, 15) is 4.79 Å². The van der Waals surface area contributed by atoms with Gasteiger partial charge in [0.15, 0.2) is 0 Å². The Kier molecular flexibility index (Phi) is 3.76. The molecule has 0 saturated carbocycles. The van der Waals surface area contributed by atoms with Gasteiger partial charge >= 0.3 is 0 Å². The van der Waals surface area contributed by atoms with Crippen molar-refractivity contribution in [2.75, 3.05) is 5.32 Å². The van der Waals surface area contributed by atoms with E-state index in [-0.39, 0.29) is 5.91 Å². The molecule has 0 aliphatic rings. The standard InChI is InChI=1S/C24H19N3O/c1-26-21(17-10-4-2-5-11-17)16-27-22(19-14-8-9-15-20(19)24(26)27)23(28)25-18-12-6-3-7-13-18/h2-16H,1H3,(H,25,28). The quantitative estimate of drug-likeness (QED) is 0.460. The summed E-state index contributed by atoms with van der Waals surface area (Å²) in [7, 11) is 2.04. The van der Waals surface area contributed by atoms with Gasteiger partial charge in [0.05, 0.1) is 5.69 Å². The number of carbonyl (C=O) groups is 1. The van der Waals surface area contributed by atoms with Gasteiger partial charge in [0, 0.05) is 29.7 Å². The Labute approximate surface area is 162 Å². The van der Waals surface area contributed by atoms with E-state index in [1.807, 2.05) is 84.4 Å². The number of imidazole rings is 1. The maximum absolute atomic E-state index is 13.2. The highest BCUT2D eigenvalue weighted by Crippen LogP contribution is 2.32. The summed E-state index contributed by atoms with van der Waals surface area (Å²) in [4.78, 5) is 13.2. The van der Waals surface area contributed by atoms with Gasteiger partial charge in [0.1, 0.15) is 11.3 Å². The Bertz CT molecular complexity index is 1300. The predicted octanol–water partition coefficient (Wildman–Crippen LogP) is 5.35. The van der Waals surface area contributed by atoms with E-state index in [0.717, 1.165) is 33.4 Å². The highest BCUT2D eigenvalue weighted by atomic mass is 16.1. The summed E-state index contributed by atoms with van der Waals surface area (Å²) < 4.78 is 4.15. The van der Waals surface area contributed by atoms with E-state index in [0.29, 0.717) is 5.69 Å². The van der Waals surface area contributed by atoms with Gasteiger partial charge in [-0.15, -0.1) is 0 Å². The van der Waals surface area contributed by atoms with Crippen molar-refractivity contribution in [1.82, 2.24) is 8.97 Å². The summed E-state index contributed by atoms with van der Waals surface area (Å²) in [6.45, 7) is 0. The molecule has 2 aromatic heterocycles. The van der Waals surface area contributed by atoms with E-state index in [4.69, 9.17) is 0 Å². The number of rotatable bonds is 3. The molecule has 0 atom stereocenters. The van der Waals surface area contributed by atoms with Gasteiger partial charge in [-0.3, -0.25) is 9.20 Å². The van der Waals surface area contributed by atoms with Crippen molar-refractivity contribution >= 4 is 28.0 Å². The summed E-state index contributed by atoms with van der Waals surface area (Å²) in [6, 6.07) is 27.8. The van der Waals surface area contributed by atoms with Crippen LogP contribution in [0.2, 0.25) is 0 Å². The molecule has 0 fully saturated rings. The number of carbonyl (C=O) groups excluding carboxylic acids is 1. The Morgan fingerprint density at radius 1 is 0.786 bits per heavy atom. The van der Waals surface area contributed by atoms with Crippen LogP contribution in [-0.4, -0.2) is 14.9 Å². The number of hydrogen-bond donors (Lipinski definition) is 1. The van der Waals surface area contributed by atoms with E-state index in [1.54, 1.807) is 0 Å². The van der Waals surface area contributed by atoms with Crippen LogP contribution in [0.5, 0.6) is 0 Å². The molecular formula is C24H19N3O. The third-order valence-corrected chi connectivity index (χ3v) is 5.14. The topological polar surface area (TPSA) is 38.4 Å². The zero-order valence-electron chi connectivity index (χ0n) is 15.5. The van der Waals surface area contributed by atoms with Crippen LogP contribution in [0.25, 0.3) is 27.7 Å². The predicted molar refractivity (Wildman–Crippen MR) is 114 cm³/mol. The van der Waals surface area contributed by atoms with Crippen LogP contribution in [0.3, 0.4) is 0 Å². The minimum Gasteiger partial charge on any atom is -0.328 e. The lowest BCUT2D eigenvalue weighted by molar-refractivity contribution is 0.102. The second-order valence-corrected chi connectivity index (χ2v) is 6.85. The van der Waals surface area contributed by atoms with Crippen LogP contribution >= 0.6 is 0 Å². The highest BCUT2D eigenvalue weighted by molar-refractivity contribution is 6.16. The number of amides is 1. The average Bonchev–Trinajstić information content (AvgIpc) is 3.24. The van der Waals surface area contributed by atoms with Crippen LogP contribution < -0.4 is 5.32 Å². The highest BCUT2D eigenvalue weighted by Gasteiger charge is 2.22. The fraction of sp³-hybridized carbons (Fsp3) is 0.0417. The smallest absolute Gasteiger partial charge is 0.273 e. The molecule has 1 N–H and O–H groups in total. The van der Waals surface area contributed by atoms with Gasteiger partial charge in [-0.1, -0.05) is 72.8 Å². The SMILES string of the molecule is Cn1c(-c2ccccc2)cn2c(C(=O)Nc3ccccc3)c3ccccc3c12. The van der Waals surface area contributed by atoms with Crippen molar-refractivity contribution in [3.63, 3.8) is 0 Å². The number of aromatic nitrogens is 2. The number of nitrogens with one attached hydrogen (secondary N) is 1. The molecule has 0 aliphatic heterocycles. The summed E-state index contributed by atoms with van der Waals surface area (Å²) in [5, 5.41) is 5.03. The minimum absolute atomic E-state index is 0.118. The van der Waals surface area contributed by atoms with Gasteiger partial charge < -0.3 is 9.88 Å². The van der Waals surface area contributed by atoms with Crippen LogP contribution in [-0.2, 0) is 7.05 Å². The lowest BCUT2D eigenvalue weighted by atomic mass is 10.1. The second-order valence-electron chi connectivity index (χ2n) is 6.85. The van der Waals surface area contributed by atoms with E-state index in [1.165, 1.54) is 0 Å². The van der Waals surface area contributed by atoms with Crippen molar-refractivity contribution in [3.8, 4) is 11.3 Å². The van der Waals surface area contributed by atoms with Gasteiger partial charge in [0.25, 0.3) is 5.91 Å². The zero-order chi connectivity index (χ0) is 19.1. The monoisotopic (exact) mass is 365 g/mol. The summed E-state index contributed by atoms with van der Waals surface area (Å²) in [6.07, 6.45) is 2.05. The molecule has 0 saturated heterocycles. The van der Waals surface area contributed by atoms with Gasteiger partial charge in [-0.05, 0) is 17.7 Å². The second kappa shape index (κ2) is 6.43. The fourth-order valence-electron chi connectivity index (χ4n) is 3.86. The molecule has 136 valence electrons. The number of aryl methyl sites for hydroxylation is 1. The lowest BCUT2D eigenvalue weighted by Gasteiger charge is -2.05. The lowest BCUT2D eigenvalue weighted by Crippen LogP contribution is -2.14. The molecule has 0 bridgehead atoms. The van der Waals surface area contributed by atoms with Gasteiger partial charge in [-0.25, -0.2) is 0 Å². The molecule has 1 amide bonds. The first-order valence-electron chi connectivity index (χ1n) is 9.24. The van der Waals surface area contributed by atoms with Crippen LogP contribution in [0, 0.1) is 0 Å². The van der Waals surface area contributed by atoms with E-state index < -0.39 is 0 Å². The van der Waals surface area contributed by atoms with Gasteiger partial charge in [-0.2, -0.15) is 0 Å². The molecule has 4 heteroatoms. The number of hydrogen-bond acceptors (Lipinski definition) is 1. The van der Waals surface area contributed by atoms with Crippen molar-refractivity contribution in [1.29, 1.82) is 0 Å². The number of nitrogens with zero attached hydrogens (tertiary/aromatic N) is 2. The molecule has 4 nitrogen and oxygen atoms in total. The summed E-state index contributed by atoms with van der Waals surface area (Å²) in [5.74, 6) is -0.118. The maximum atomic E-state index is 13.2. The van der Waals surface area contributed by atoms with Gasteiger partial charge in [0.2, 0.25) is 0 Å². The first kappa shape index (κ1) is 16.4. The fourth-order valence-corrected chi connectivity index (χ4v) is 3.86. The zero-order valence-corrected chi connectivity index (χ0v) is 15.5. The van der Waals surface area contributed by atoms with Crippen molar-refractivity contribution in [3.05, 3.63) is 96.8 Å². The van der Waals surface area contributed by atoms with Crippen molar-refractivity contribution < 1.29 is 4.79 Å². The maximum Gasteiger partial charge on any atom is 0.273 e. The Hall–Kier alpha value is -3.79. The van der Waals surface area contributed by atoms with E-state index >= 15 is 0 Å². The molecule has 5 aromatic rings. The van der Waals surface area contributed by atoms with Crippen molar-refractivity contribution in [2.24, 2.45) is 7.05 Å². The third kappa shape index (κ3) is 2.50. The van der Waals surface area contributed by atoms with Crippen molar-refractivity contribution in [2.45, 2.75) is 0 Å². The number of fused-ring (bicyclic) bond motifs is 3. The number of benzene rings is 3. The number of anilines is 1. The Balaban J connectivity index is 1.74. The van der Waals surface area contributed by atoms with Crippen LogP contribution in [0.4, 0.5) is 5.69 Å². The molecule has 28 heavy (non-hydrogen) atoms. The molecule has 0 unspecified atom stereocenters. The molecule has 3 aromatic carbocycles. The van der Waals surface area contributed by atoms with Crippen LogP contribution in [0.15, 0.2) is 91.1 Å². The largest absolute Gasteiger partial charge is 0.328 e. The molecule has 0 aliphatic carbocycles. The Morgan fingerprint density at radius 2 is 1.39 bits per heavy atom. The molecule has 5 rings (SSSR count). The van der Waals surface area contributed by atoms with E-state index in [2.05, 4.69) is 28.1 Å². The minimum atomic E-state index is -0.118.